The highest BCUT2D eigenvalue weighted by Crippen LogP contribution is 2.20. The van der Waals surface area contributed by atoms with Crippen LogP contribution in [0.15, 0.2) is 22.4 Å². The normalized spacial score (nSPS) is 18.1. The van der Waals surface area contributed by atoms with Gasteiger partial charge in [0, 0.05) is 12.4 Å². The lowest BCUT2D eigenvalue weighted by Crippen LogP contribution is -2.09. The predicted molar refractivity (Wildman–Crippen MR) is 68.3 cm³/mol. The standard InChI is InChI=1S/C12H17N3S/c1-16-12-13-8-7-11(15-12)9-14-10-5-3-2-4-6-10/h7-10H,2-6H2,1H3. The van der Waals surface area contributed by atoms with Gasteiger partial charge in [-0.15, -0.1) is 0 Å². The first-order valence-electron chi connectivity index (χ1n) is 5.78. The molecule has 1 saturated carbocycles. The number of thioether (sulfide) groups is 1. The van der Waals surface area contributed by atoms with E-state index >= 15 is 0 Å². The average molecular weight is 235 g/mol. The Bertz CT molecular complexity index is 359. The van der Waals surface area contributed by atoms with Crippen LogP contribution < -0.4 is 0 Å². The molecule has 0 radical (unpaired) electrons. The smallest absolute Gasteiger partial charge is 0.187 e. The molecule has 0 atom stereocenters. The highest BCUT2D eigenvalue weighted by atomic mass is 32.2. The predicted octanol–water partition coefficient (Wildman–Crippen LogP) is 2.95. The Balaban J connectivity index is 1.98. The third-order valence-electron chi connectivity index (χ3n) is 2.83. The van der Waals surface area contributed by atoms with E-state index in [4.69, 9.17) is 0 Å². The lowest BCUT2D eigenvalue weighted by molar-refractivity contribution is 0.444. The summed E-state index contributed by atoms with van der Waals surface area (Å²) in [6.07, 6.45) is 12.2. The van der Waals surface area contributed by atoms with Crippen molar-refractivity contribution < 1.29 is 0 Å². The fraction of sp³-hybridized carbons (Fsp3) is 0.583. The highest BCUT2D eigenvalue weighted by molar-refractivity contribution is 7.98. The van der Waals surface area contributed by atoms with E-state index in [2.05, 4.69) is 15.0 Å². The van der Waals surface area contributed by atoms with Crippen molar-refractivity contribution in [2.45, 2.75) is 43.3 Å². The zero-order chi connectivity index (χ0) is 11.2. The summed E-state index contributed by atoms with van der Waals surface area (Å²) in [6.45, 7) is 0. The van der Waals surface area contributed by atoms with Gasteiger partial charge in [0.15, 0.2) is 5.16 Å². The Labute approximate surface area is 101 Å². The van der Waals surface area contributed by atoms with Gasteiger partial charge in [0.25, 0.3) is 0 Å². The van der Waals surface area contributed by atoms with Crippen LogP contribution in [0.25, 0.3) is 0 Å². The van der Waals surface area contributed by atoms with E-state index in [0.29, 0.717) is 6.04 Å². The Morgan fingerprint density at radius 2 is 2.19 bits per heavy atom. The fourth-order valence-corrected chi connectivity index (χ4v) is 2.30. The molecule has 0 saturated heterocycles. The molecule has 1 heterocycles. The van der Waals surface area contributed by atoms with Gasteiger partial charge in [0.2, 0.25) is 0 Å². The second-order valence-electron chi connectivity index (χ2n) is 4.04. The molecule has 2 rings (SSSR count). The van der Waals surface area contributed by atoms with Crippen LogP contribution >= 0.6 is 11.8 Å². The highest BCUT2D eigenvalue weighted by Gasteiger charge is 2.10. The molecule has 0 unspecified atom stereocenters. The molecule has 16 heavy (non-hydrogen) atoms. The number of rotatable bonds is 3. The molecule has 1 fully saturated rings. The lowest BCUT2D eigenvalue weighted by atomic mass is 9.96. The van der Waals surface area contributed by atoms with Crippen LogP contribution in [0.4, 0.5) is 0 Å². The maximum atomic E-state index is 4.60. The summed E-state index contributed by atoms with van der Waals surface area (Å²) in [5.74, 6) is 0. The van der Waals surface area contributed by atoms with Crippen molar-refractivity contribution in [1.29, 1.82) is 0 Å². The first-order valence-corrected chi connectivity index (χ1v) is 7.01. The Kier molecular flexibility index (Phi) is 4.34. The van der Waals surface area contributed by atoms with Gasteiger partial charge in [-0.1, -0.05) is 31.0 Å². The second-order valence-corrected chi connectivity index (χ2v) is 4.81. The van der Waals surface area contributed by atoms with Crippen molar-refractivity contribution in [2.24, 2.45) is 4.99 Å². The third kappa shape index (κ3) is 3.30. The summed E-state index contributed by atoms with van der Waals surface area (Å²) in [5, 5.41) is 0.813. The first-order chi connectivity index (χ1) is 7.88. The van der Waals surface area contributed by atoms with Crippen LogP contribution in [-0.4, -0.2) is 28.5 Å². The van der Waals surface area contributed by atoms with Crippen LogP contribution in [0.1, 0.15) is 37.8 Å². The molecule has 86 valence electrons. The van der Waals surface area contributed by atoms with Crippen molar-refractivity contribution in [3.05, 3.63) is 18.0 Å². The molecule has 0 N–H and O–H groups in total. The van der Waals surface area contributed by atoms with Crippen LogP contribution in [0.2, 0.25) is 0 Å². The van der Waals surface area contributed by atoms with Crippen LogP contribution in [0.3, 0.4) is 0 Å². The van der Waals surface area contributed by atoms with Crippen LogP contribution in [-0.2, 0) is 0 Å². The van der Waals surface area contributed by atoms with Gasteiger partial charge in [-0.25, -0.2) is 9.97 Å². The summed E-state index contributed by atoms with van der Waals surface area (Å²) in [5.41, 5.74) is 0.921. The van der Waals surface area contributed by atoms with E-state index in [9.17, 15) is 0 Å². The van der Waals surface area contributed by atoms with Gasteiger partial charge in [-0.05, 0) is 25.2 Å². The van der Waals surface area contributed by atoms with E-state index in [0.717, 1.165) is 10.9 Å². The molecule has 1 aliphatic rings. The fourth-order valence-electron chi connectivity index (χ4n) is 1.94. The lowest BCUT2D eigenvalue weighted by Gasteiger charge is -2.16. The zero-order valence-corrected chi connectivity index (χ0v) is 10.4. The Hall–Kier alpha value is -0.900. The van der Waals surface area contributed by atoms with E-state index in [1.54, 1.807) is 18.0 Å². The summed E-state index contributed by atoms with van der Waals surface area (Å²) < 4.78 is 0. The van der Waals surface area contributed by atoms with Crippen molar-refractivity contribution >= 4 is 18.0 Å². The van der Waals surface area contributed by atoms with E-state index in [1.807, 2.05) is 18.5 Å². The minimum Gasteiger partial charge on any atom is -0.288 e. The molecule has 1 aromatic heterocycles. The second kappa shape index (κ2) is 5.99. The van der Waals surface area contributed by atoms with E-state index < -0.39 is 0 Å². The maximum absolute atomic E-state index is 4.60. The van der Waals surface area contributed by atoms with Crippen molar-refractivity contribution in [2.75, 3.05) is 6.26 Å². The molecule has 4 heteroatoms. The van der Waals surface area contributed by atoms with Crippen molar-refractivity contribution in [3.63, 3.8) is 0 Å². The number of hydrogen-bond acceptors (Lipinski definition) is 4. The van der Waals surface area contributed by atoms with Gasteiger partial charge in [-0.3, -0.25) is 4.99 Å². The Morgan fingerprint density at radius 1 is 1.38 bits per heavy atom. The van der Waals surface area contributed by atoms with E-state index in [1.165, 1.54) is 32.1 Å². The molecule has 0 bridgehead atoms. The molecule has 3 nitrogen and oxygen atoms in total. The van der Waals surface area contributed by atoms with Gasteiger partial charge in [0.05, 0.1) is 11.7 Å². The molecule has 0 aromatic carbocycles. The third-order valence-corrected chi connectivity index (χ3v) is 3.39. The first kappa shape index (κ1) is 11.6. The van der Waals surface area contributed by atoms with Crippen LogP contribution in [0.5, 0.6) is 0 Å². The molecule has 0 aliphatic heterocycles. The summed E-state index contributed by atoms with van der Waals surface area (Å²) in [6, 6.07) is 2.42. The molecular formula is C12H17N3S. The molecule has 0 amide bonds. The largest absolute Gasteiger partial charge is 0.288 e. The van der Waals surface area contributed by atoms with Crippen molar-refractivity contribution in [3.8, 4) is 0 Å². The number of aliphatic imine (C=N–C) groups is 1. The molecule has 1 aromatic rings. The van der Waals surface area contributed by atoms with Gasteiger partial charge >= 0.3 is 0 Å². The Morgan fingerprint density at radius 3 is 2.94 bits per heavy atom. The summed E-state index contributed by atoms with van der Waals surface area (Å²) >= 11 is 1.56. The summed E-state index contributed by atoms with van der Waals surface area (Å²) in [7, 11) is 0. The van der Waals surface area contributed by atoms with E-state index in [-0.39, 0.29) is 0 Å². The zero-order valence-electron chi connectivity index (χ0n) is 9.59. The SMILES string of the molecule is CSc1nccc(C=NC2CCCCC2)n1. The topological polar surface area (TPSA) is 38.1 Å². The minimum atomic E-state index is 0.515. The number of nitrogens with zero attached hydrogens (tertiary/aromatic N) is 3. The monoisotopic (exact) mass is 235 g/mol. The molecular weight excluding hydrogens is 218 g/mol. The molecule has 1 aliphatic carbocycles. The van der Waals surface area contributed by atoms with Crippen LogP contribution in [0, 0.1) is 0 Å². The number of aromatic nitrogens is 2. The molecule has 0 spiro atoms. The quantitative estimate of drug-likeness (QED) is 0.459. The van der Waals surface area contributed by atoms with Crippen molar-refractivity contribution in [1.82, 2.24) is 9.97 Å². The van der Waals surface area contributed by atoms with Gasteiger partial charge in [0.1, 0.15) is 0 Å². The number of hydrogen-bond donors (Lipinski definition) is 0. The average Bonchev–Trinajstić information content (AvgIpc) is 2.38. The maximum Gasteiger partial charge on any atom is 0.187 e. The van der Waals surface area contributed by atoms with Gasteiger partial charge < -0.3 is 0 Å². The minimum absolute atomic E-state index is 0.515. The summed E-state index contributed by atoms with van der Waals surface area (Å²) in [4.78, 5) is 13.1. The van der Waals surface area contributed by atoms with Gasteiger partial charge in [-0.2, -0.15) is 0 Å².